The summed E-state index contributed by atoms with van der Waals surface area (Å²) in [6.45, 7) is 5.37. The van der Waals surface area contributed by atoms with Gasteiger partial charge in [0.15, 0.2) is 5.69 Å². The van der Waals surface area contributed by atoms with Crippen LogP contribution in [0, 0.1) is 11.6 Å². The van der Waals surface area contributed by atoms with Crippen molar-refractivity contribution >= 4 is 12.1 Å². The fourth-order valence-corrected chi connectivity index (χ4v) is 5.51. The highest BCUT2D eigenvalue weighted by Gasteiger charge is 2.43. The Morgan fingerprint density at radius 3 is 2.21 bits per heavy atom. The molecule has 2 heterocycles. The summed E-state index contributed by atoms with van der Waals surface area (Å²) < 4.78 is 41.7. The van der Waals surface area contributed by atoms with Crippen LogP contribution < -0.4 is 10.2 Å². The quantitative estimate of drug-likeness (QED) is 0.471. The van der Waals surface area contributed by atoms with Crippen LogP contribution in [0.4, 0.5) is 13.6 Å². The van der Waals surface area contributed by atoms with Gasteiger partial charge in [-0.15, -0.1) is 0 Å². The molecule has 5 rings (SSSR count). The van der Waals surface area contributed by atoms with Crippen LogP contribution in [0.2, 0.25) is 0 Å². The van der Waals surface area contributed by atoms with E-state index in [2.05, 4.69) is 5.10 Å². The fourth-order valence-electron chi connectivity index (χ4n) is 5.51. The number of carbonyl (C=O) groups excluding carboxylic acids is 2. The Hall–Kier alpha value is -4.08. The molecular weight excluding hydrogens is 496 g/mol. The Kier molecular flexibility index (Phi) is 6.73. The number of ether oxygens (including phenoxy) is 2. The van der Waals surface area contributed by atoms with Crippen molar-refractivity contribution in [2.24, 2.45) is 0 Å². The Labute approximate surface area is 217 Å². The van der Waals surface area contributed by atoms with Crippen molar-refractivity contribution < 1.29 is 27.8 Å². The van der Waals surface area contributed by atoms with E-state index in [1.807, 2.05) is 13.8 Å². The maximum absolute atomic E-state index is 15.1. The summed E-state index contributed by atoms with van der Waals surface area (Å²) in [4.78, 5) is 40.2. The molecule has 0 saturated heterocycles. The van der Waals surface area contributed by atoms with E-state index in [0.29, 0.717) is 35.1 Å². The molecule has 38 heavy (non-hydrogen) atoms. The summed E-state index contributed by atoms with van der Waals surface area (Å²) >= 11 is 0. The number of fused-ring (bicyclic) bond motifs is 3. The maximum Gasteiger partial charge on any atom is 0.514 e. The Morgan fingerprint density at radius 1 is 1.05 bits per heavy atom. The predicted molar refractivity (Wildman–Crippen MR) is 133 cm³/mol. The molecule has 1 aliphatic heterocycles. The van der Waals surface area contributed by atoms with Crippen molar-refractivity contribution in [3.63, 3.8) is 0 Å². The lowest BCUT2D eigenvalue weighted by Gasteiger charge is -2.41. The summed E-state index contributed by atoms with van der Waals surface area (Å²) in [7, 11) is 0. The normalized spacial score (nSPS) is 16.9. The summed E-state index contributed by atoms with van der Waals surface area (Å²) in [6, 6.07) is 8.60. The first-order valence-corrected chi connectivity index (χ1v) is 12.5. The van der Waals surface area contributed by atoms with Gasteiger partial charge in [-0.3, -0.25) is 14.3 Å². The first-order chi connectivity index (χ1) is 18.2. The molecule has 1 aromatic heterocycles. The number of amides is 1. The third kappa shape index (κ3) is 4.23. The predicted octanol–water partition coefficient (Wildman–Crippen LogP) is 4.39. The number of benzene rings is 2. The van der Waals surface area contributed by atoms with Gasteiger partial charge in [-0.1, -0.05) is 24.3 Å². The minimum Gasteiger partial charge on any atom is -0.434 e. The SMILES string of the molecule is CCOC(=O)Oc1c2n(ncc1=O)[C@@H](C1c3cccc(F)c3CCc3c(F)cccc31)CN(C(C)C)C2=O. The van der Waals surface area contributed by atoms with Crippen molar-refractivity contribution in [1.29, 1.82) is 0 Å². The molecule has 2 aliphatic rings. The van der Waals surface area contributed by atoms with Crippen LogP contribution in [0.3, 0.4) is 0 Å². The highest BCUT2D eigenvalue weighted by molar-refractivity contribution is 5.96. The Balaban J connectivity index is 1.78. The molecule has 0 unspecified atom stereocenters. The van der Waals surface area contributed by atoms with Crippen LogP contribution in [-0.4, -0.2) is 45.9 Å². The molecule has 2 aromatic carbocycles. The lowest BCUT2D eigenvalue weighted by molar-refractivity contribution is 0.0563. The van der Waals surface area contributed by atoms with Gasteiger partial charge in [-0.2, -0.15) is 5.10 Å². The second kappa shape index (κ2) is 10.00. The van der Waals surface area contributed by atoms with Gasteiger partial charge in [0.1, 0.15) is 11.6 Å². The average molecular weight is 524 g/mol. The van der Waals surface area contributed by atoms with Gasteiger partial charge in [0, 0.05) is 18.5 Å². The van der Waals surface area contributed by atoms with E-state index in [4.69, 9.17) is 9.47 Å². The number of nitrogens with zero attached hydrogens (tertiary/aromatic N) is 3. The fraction of sp³-hybridized carbons (Fsp3) is 0.357. The van der Waals surface area contributed by atoms with Crippen molar-refractivity contribution in [3.05, 3.63) is 92.4 Å². The second-order valence-electron chi connectivity index (χ2n) is 9.63. The molecule has 8 nitrogen and oxygen atoms in total. The van der Waals surface area contributed by atoms with E-state index in [9.17, 15) is 14.4 Å². The summed E-state index contributed by atoms with van der Waals surface area (Å²) in [5, 5.41) is 4.29. The Morgan fingerprint density at radius 2 is 1.66 bits per heavy atom. The molecule has 0 bridgehead atoms. The first kappa shape index (κ1) is 25.6. The molecule has 10 heteroatoms. The van der Waals surface area contributed by atoms with E-state index in [1.165, 1.54) is 16.8 Å². The summed E-state index contributed by atoms with van der Waals surface area (Å²) in [5.41, 5.74) is 1.25. The zero-order valence-electron chi connectivity index (χ0n) is 21.2. The highest BCUT2D eigenvalue weighted by Crippen LogP contribution is 2.45. The standard InChI is InChI=1S/C28H27F2N3O5/c1-4-37-28(36)38-26-23(34)13-31-33-22(14-32(15(2)3)27(35)25(26)33)24-18-7-5-9-20(29)16(18)11-12-17-19(24)8-6-10-21(17)30/h5-10,13,15,22,24H,4,11-12,14H2,1-3H3/t22-/m1/s1. The number of rotatable bonds is 4. The number of aromatic nitrogens is 2. The number of halogens is 2. The van der Waals surface area contributed by atoms with Gasteiger partial charge in [-0.05, 0) is 68.0 Å². The van der Waals surface area contributed by atoms with Gasteiger partial charge in [0.05, 0.1) is 18.8 Å². The van der Waals surface area contributed by atoms with Crippen molar-refractivity contribution in [3.8, 4) is 5.75 Å². The molecule has 0 saturated carbocycles. The molecule has 0 radical (unpaired) electrons. The zero-order chi connectivity index (χ0) is 27.1. The smallest absolute Gasteiger partial charge is 0.434 e. The third-order valence-electron chi connectivity index (χ3n) is 7.19. The first-order valence-electron chi connectivity index (χ1n) is 12.5. The van der Waals surface area contributed by atoms with Gasteiger partial charge < -0.3 is 14.4 Å². The van der Waals surface area contributed by atoms with Crippen molar-refractivity contribution in [2.45, 2.75) is 51.6 Å². The van der Waals surface area contributed by atoms with Gasteiger partial charge in [0.25, 0.3) is 5.91 Å². The molecular formula is C28H27F2N3O5. The van der Waals surface area contributed by atoms with Gasteiger partial charge >= 0.3 is 6.16 Å². The topological polar surface area (TPSA) is 90.7 Å². The third-order valence-corrected chi connectivity index (χ3v) is 7.19. The highest BCUT2D eigenvalue weighted by atomic mass is 19.1. The lowest BCUT2D eigenvalue weighted by atomic mass is 9.81. The number of hydrogen-bond acceptors (Lipinski definition) is 6. The van der Waals surface area contributed by atoms with E-state index < -0.39 is 46.8 Å². The van der Waals surface area contributed by atoms with E-state index >= 15 is 8.78 Å². The molecule has 1 atom stereocenters. The summed E-state index contributed by atoms with van der Waals surface area (Å²) in [5.74, 6) is -2.45. The van der Waals surface area contributed by atoms with Crippen LogP contribution in [0.15, 0.2) is 47.4 Å². The number of carbonyl (C=O) groups is 2. The van der Waals surface area contributed by atoms with Gasteiger partial charge in [0.2, 0.25) is 11.2 Å². The largest absolute Gasteiger partial charge is 0.514 e. The van der Waals surface area contributed by atoms with E-state index in [0.717, 1.165) is 6.20 Å². The molecule has 0 spiro atoms. The van der Waals surface area contributed by atoms with Crippen LogP contribution in [0.25, 0.3) is 0 Å². The molecule has 3 aromatic rings. The van der Waals surface area contributed by atoms with Crippen LogP contribution in [0.5, 0.6) is 5.75 Å². The second-order valence-corrected chi connectivity index (χ2v) is 9.63. The van der Waals surface area contributed by atoms with Gasteiger partial charge in [-0.25, -0.2) is 13.6 Å². The molecule has 198 valence electrons. The van der Waals surface area contributed by atoms with E-state index in [1.54, 1.807) is 36.1 Å². The van der Waals surface area contributed by atoms with E-state index in [-0.39, 0.29) is 24.9 Å². The van der Waals surface area contributed by atoms with Crippen molar-refractivity contribution in [2.75, 3.05) is 13.2 Å². The molecule has 1 aliphatic carbocycles. The molecule has 0 fully saturated rings. The maximum atomic E-state index is 15.1. The minimum absolute atomic E-state index is 0.00883. The Bertz CT molecular complexity index is 1430. The van der Waals surface area contributed by atoms with Crippen molar-refractivity contribution in [1.82, 2.24) is 14.7 Å². The lowest BCUT2D eigenvalue weighted by Crippen LogP contribution is -2.50. The van der Waals surface area contributed by atoms with Crippen LogP contribution >= 0.6 is 0 Å². The number of hydrogen-bond donors (Lipinski definition) is 0. The monoisotopic (exact) mass is 523 g/mol. The zero-order valence-corrected chi connectivity index (χ0v) is 21.2. The van der Waals surface area contributed by atoms with Crippen LogP contribution in [0.1, 0.15) is 65.5 Å². The minimum atomic E-state index is -1.13. The average Bonchev–Trinajstić information content (AvgIpc) is 3.04. The summed E-state index contributed by atoms with van der Waals surface area (Å²) in [6.07, 6.45) is 0.444. The molecule has 0 N–H and O–H groups in total. The molecule has 1 amide bonds. The van der Waals surface area contributed by atoms with Crippen LogP contribution in [-0.2, 0) is 17.6 Å².